The summed E-state index contributed by atoms with van der Waals surface area (Å²) in [4.78, 5) is 8.95. The number of hydrogen-bond donors (Lipinski definition) is 0. The molecule has 0 radical (unpaired) electrons. The van der Waals surface area contributed by atoms with E-state index in [0.717, 1.165) is 0 Å². The lowest BCUT2D eigenvalue weighted by Gasteiger charge is -1.92. The second-order valence-corrected chi connectivity index (χ2v) is 2.68. The van der Waals surface area contributed by atoms with Gasteiger partial charge in [-0.3, -0.25) is 4.79 Å². The van der Waals surface area contributed by atoms with Crippen LogP contribution in [0.4, 0.5) is 0 Å². The Morgan fingerprint density at radius 1 is 0.875 bits per heavy atom. The third-order valence-electron chi connectivity index (χ3n) is 1.75. The van der Waals surface area contributed by atoms with Gasteiger partial charge in [0.2, 0.25) is 0 Å². The molecule has 2 heteroatoms. The van der Waals surface area contributed by atoms with Crippen LogP contribution in [0.25, 0.3) is 10.8 Å². The number of methoxy groups -OCH3 is 1. The Morgan fingerprint density at radius 3 is 1.31 bits per heavy atom. The summed E-state index contributed by atoms with van der Waals surface area (Å²) < 4.78 is 3.86. The summed E-state index contributed by atoms with van der Waals surface area (Å²) in [6.45, 7) is 4.38. The number of ether oxygens (including phenoxy) is 1. The second kappa shape index (κ2) is 9.71. The lowest BCUT2D eigenvalue weighted by Crippen LogP contribution is -1.68. The SMILES string of the molecule is CC.COC=O.c1ccc2ccccc2c1. The average Bonchev–Trinajstić information content (AvgIpc) is 2.41. The first kappa shape index (κ1) is 14.2. The van der Waals surface area contributed by atoms with Crippen LogP contribution in [0, 0.1) is 0 Å². The maximum atomic E-state index is 8.95. The van der Waals surface area contributed by atoms with E-state index in [2.05, 4.69) is 53.3 Å². The topological polar surface area (TPSA) is 26.3 Å². The first-order chi connectivity index (χ1) is 7.88. The Bertz CT molecular complexity index is 331. The molecular weight excluding hydrogens is 200 g/mol. The van der Waals surface area contributed by atoms with Crippen molar-refractivity contribution in [3.05, 3.63) is 48.5 Å². The molecule has 0 saturated carbocycles. The molecule has 0 atom stereocenters. The highest BCUT2D eigenvalue weighted by atomic mass is 16.5. The average molecular weight is 218 g/mol. The Labute approximate surface area is 96.9 Å². The van der Waals surface area contributed by atoms with Gasteiger partial charge in [-0.2, -0.15) is 0 Å². The highest BCUT2D eigenvalue weighted by Gasteiger charge is 1.85. The highest BCUT2D eigenvalue weighted by molar-refractivity contribution is 5.81. The summed E-state index contributed by atoms with van der Waals surface area (Å²) in [5.41, 5.74) is 0. The van der Waals surface area contributed by atoms with Gasteiger partial charge in [-0.05, 0) is 10.8 Å². The number of rotatable bonds is 1. The van der Waals surface area contributed by atoms with Crippen molar-refractivity contribution in [1.29, 1.82) is 0 Å². The Hall–Kier alpha value is -1.83. The van der Waals surface area contributed by atoms with Crippen molar-refractivity contribution in [2.24, 2.45) is 0 Å². The maximum Gasteiger partial charge on any atom is 0.292 e. The van der Waals surface area contributed by atoms with Crippen LogP contribution in [0.5, 0.6) is 0 Å². The summed E-state index contributed by atoms with van der Waals surface area (Å²) in [5, 5.41) is 2.62. The van der Waals surface area contributed by atoms with Crippen LogP contribution < -0.4 is 0 Å². The molecule has 16 heavy (non-hydrogen) atoms. The van der Waals surface area contributed by atoms with Crippen LogP contribution in [0.3, 0.4) is 0 Å². The third-order valence-corrected chi connectivity index (χ3v) is 1.75. The van der Waals surface area contributed by atoms with E-state index >= 15 is 0 Å². The van der Waals surface area contributed by atoms with Gasteiger partial charge in [-0.25, -0.2) is 0 Å². The minimum atomic E-state index is 0.375. The van der Waals surface area contributed by atoms with Crippen molar-refractivity contribution >= 4 is 17.2 Å². The molecule has 0 amide bonds. The van der Waals surface area contributed by atoms with Gasteiger partial charge in [0.1, 0.15) is 0 Å². The lowest BCUT2D eigenvalue weighted by atomic mass is 10.1. The molecule has 0 aliphatic rings. The minimum absolute atomic E-state index is 0.375. The molecule has 0 heterocycles. The summed E-state index contributed by atoms with van der Waals surface area (Å²) in [7, 11) is 1.31. The fourth-order valence-corrected chi connectivity index (χ4v) is 1.13. The summed E-state index contributed by atoms with van der Waals surface area (Å²) in [5.74, 6) is 0. The Kier molecular flexibility index (Phi) is 8.60. The Morgan fingerprint density at radius 2 is 1.12 bits per heavy atom. The number of hydrogen-bond acceptors (Lipinski definition) is 2. The summed E-state index contributed by atoms with van der Waals surface area (Å²) >= 11 is 0. The Balaban J connectivity index is 0.000000323. The molecule has 2 nitrogen and oxygen atoms in total. The smallest absolute Gasteiger partial charge is 0.292 e. The second-order valence-electron chi connectivity index (χ2n) is 2.68. The van der Waals surface area contributed by atoms with E-state index in [1.807, 2.05) is 13.8 Å². The third kappa shape index (κ3) is 5.15. The van der Waals surface area contributed by atoms with Gasteiger partial charge in [0.15, 0.2) is 0 Å². The molecule has 0 spiro atoms. The van der Waals surface area contributed by atoms with E-state index in [-0.39, 0.29) is 0 Å². The van der Waals surface area contributed by atoms with Crippen LogP contribution >= 0.6 is 0 Å². The quantitative estimate of drug-likeness (QED) is 0.683. The summed E-state index contributed by atoms with van der Waals surface area (Å²) in [6.07, 6.45) is 0. The van der Waals surface area contributed by atoms with E-state index in [4.69, 9.17) is 4.79 Å². The van der Waals surface area contributed by atoms with E-state index in [0.29, 0.717) is 6.47 Å². The zero-order chi connectivity index (χ0) is 12.2. The molecule has 2 aromatic rings. The fraction of sp³-hybridized carbons (Fsp3) is 0.214. The van der Waals surface area contributed by atoms with Crippen molar-refractivity contribution in [2.75, 3.05) is 7.11 Å². The number of carbonyl (C=O) groups is 1. The standard InChI is InChI=1S/C10H8.C2H4O2.C2H6/c1-2-6-10-8-4-3-7-9(10)5-1;1-4-2-3;1-2/h1-8H;2H,1H3;1-2H3. The monoisotopic (exact) mass is 218 g/mol. The van der Waals surface area contributed by atoms with Gasteiger partial charge in [-0.1, -0.05) is 62.4 Å². The molecule has 2 aromatic carbocycles. The van der Waals surface area contributed by atoms with Gasteiger partial charge < -0.3 is 4.74 Å². The van der Waals surface area contributed by atoms with Crippen LogP contribution in [0.2, 0.25) is 0 Å². The molecule has 0 aliphatic carbocycles. The molecular formula is C14H18O2. The van der Waals surface area contributed by atoms with Gasteiger partial charge in [0.05, 0.1) is 7.11 Å². The highest BCUT2D eigenvalue weighted by Crippen LogP contribution is 2.11. The van der Waals surface area contributed by atoms with Gasteiger partial charge >= 0.3 is 0 Å². The predicted octanol–water partition coefficient (Wildman–Crippen LogP) is 3.66. The molecule has 0 aromatic heterocycles. The van der Waals surface area contributed by atoms with Crippen LogP contribution in [-0.4, -0.2) is 13.6 Å². The largest absolute Gasteiger partial charge is 0.471 e. The van der Waals surface area contributed by atoms with E-state index < -0.39 is 0 Å². The van der Waals surface area contributed by atoms with Gasteiger partial charge in [0.25, 0.3) is 6.47 Å². The molecule has 0 N–H and O–H groups in total. The molecule has 0 bridgehead atoms. The van der Waals surface area contributed by atoms with Crippen molar-refractivity contribution in [1.82, 2.24) is 0 Å². The van der Waals surface area contributed by atoms with E-state index in [1.165, 1.54) is 17.9 Å². The van der Waals surface area contributed by atoms with Gasteiger partial charge in [0, 0.05) is 0 Å². The van der Waals surface area contributed by atoms with Gasteiger partial charge in [-0.15, -0.1) is 0 Å². The first-order valence-electron chi connectivity index (χ1n) is 5.28. The first-order valence-corrected chi connectivity index (χ1v) is 5.28. The maximum absolute atomic E-state index is 8.95. The van der Waals surface area contributed by atoms with E-state index in [9.17, 15) is 0 Å². The van der Waals surface area contributed by atoms with Crippen molar-refractivity contribution < 1.29 is 9.53 Å². The molecule has 2 rings (SSSR count). The fourth-order valence-electron chi connectivity index (χ4n) is 1.13. The predicted molar refractivity (Wildman–Crippen MR) is 68.4 cm³/mol. The molecule has 86 valence electrons. The zero-order valence-electron chi connectivity index (χ0n) is 10.0. The normalized spacial score (nSPS) is 7.94. The molecule has 0 unspecified atom stereocenters. The number of benzene rings is 2. The number of fused-ring (bicyclic) bond motifs is 1. The molecule has 0 saturated heterocycles. The molecule has 0 fully saturated rings. The van der Waals surface area contributed by atoms with Crippen LogP contribution in [0.15, 0.2) is 48.5 Å². The molecule has 0 aliphatic heterocycles. The summed E-state index contributed by atoms with van der Waals surface area (Å²) in [6, 6.07) is 16.7. The van der Waals surface area contributed by atoms with Crippen molar-refractivity contribution in [3.8, 4) is 0 Å². The minimum Gasteiger partial charge on any atom is -0.471 e. The van der Waals surface area contributed by atoms with Crippen molar-refractivity contribution in [3.63, 3.8) is 0 Å². The van der Waals surface area contributed by atoms with Crippen LogP contribution in [-0.2, 0) is 9.53 Å². The zero-order valence-corrected chi connectivity index (χ0v) is 10.0. The van der Waals surface area contributed by atoms with Crippen molar-refractivity contribution in [2.45, 2.75) is 13.8 Å². The lowest BCUT2D eigenvalue weighted by molar-refractivity contribution is -0.126. The van der Waals surface area contributed by atoms with E-state index in [1.54, 1.807) is 0 Å². The van der Waals surface area contributed by atoms with Crippen LogP contribution in [0.1, 0.15) is 13.8 Å². The number of carbonyl (C=O) groups excluding carboxylic acids is 1.